The Balaban J connectivity index is 2.39. The van der Waals surface area contributed by atoms with Gasteiger partial charge in [0.05, 0.1) is 0 Å². The number of rotatable bonds is 1. The molecule has 1 rings (SSSR count). The topological polar surface area (TPSA) is 26.0 Å². The summed E-state index contributed by atoms with van der Waals surface area (Å²) in [5.74, 6) is 0. The predicted molar refractivity (Wildman–Crippen MR) is 44.7 cm³/mol. The minimum Gasteiger partial charge on any atom is -0.327 e. The Morgan fingerprint density at radius 3 is 2.40 bits per heavy atom. The molecule has 1 heteroatoms. The smallest absolute Gasteiger partial charge is 0.0109 e. The van der Waals surface area contributed by atoms with Gasteiger partial charge in [-0.15, -0.1) is 0 Å². The Bertz CT molecular complexity index is 144. The molecular weight excluding hydrogens is 122 g/mol. The van der Waals surface area contributed by atoms with Crippen LogP contribution in [-0.4, -0.2) is 6.54 Å². The molecule has 0 heterocycles. The Kier molecular flexibility index (Phi) is 2.69. The van der Waals surface area contributed by atoms with E-state index in [9.17, 15) is 0 Å². The van der Waals surface area contributed by atoms with E-state index in [0.29, 0.717) is 6.54 Å². The molecule has 1 aliphatic rings. The first kappa shape index (κ1) is 7.55. The molecule has 0 aliphatic heterocycles. The molecule has 0 aromatic rings. The fourth-order valence-corrected chi connectivity index (χ4v) is 1.30. The molecule has 0 saturated heterocycles. The van der Waals surface area contributed by atoms with E-state index in [0.717, 1.165) is 0 Å². The third-order valence-corrected chi connectivity index (χ3v) is 2.01. The van der Waals surface area contributed by atoms with Gasteiger partial charge in [0.2, 0.25) is 0 Å². The Morgan fingerprint density at radius 1 is 1.30 bits per heavy atom. The zero-order chi connectivity index (χ0) is 7.40. The maximum Gasteiger partial charge on any atom is 0.0109 e. The van der Waals surface area contributed by atoms with Crippen molar-refractivity contribution in [1.29, 1.82) is 0 Å². The monoisotopic (exact) mass is 137 g/mol. The van der Waals surface area contributed by atoms with Crippen molar-refractivity contribution in [3.63, 3.8) is 0 Å². The van der Waals surface area contributed by atoms with Crippen molar-refractivity contribution in [2.24, 2.45) is 5.73 Å². The van der Waals surface area contributed by atoms with Gasteiger partial charge in [-0.3, -0.25) is 0 Å². The highest BCUT2D eigenvalue weighted by atomic mass is 14.5. The lowest BCUT2D eigenvalue weighted by Crippen LogP contribution is -2.00. The van der Waals surface area contributed by atoms with E-state index in [1.807, 2.05) is 0 Å². The summed E-state index contributed by atoms with van der Waals surface area (Å²) in [7, 11) is 0. The highest BCUT2D eigenvalue weighted by molar-refractivity contribution is 5.13. The minimum absolute atomic E-state index is 0.696. The lowest BCUT2D eigenvalue weighted by molar-refractivity contribution is 0.727. The molecule has 10 heavy (non-hydrogen) atoms. The average molecular weight is 137 g/mol. The Morgan fingerprint density at radius 2 is 1.90 bits per heavy atom. The summed E-state index contributed by atoms with van der Waals surface area (Å²) in [4.78, 5) is 0. The van der Waals surface area contributed by atoms with Crippen molar-refractivity contribution >= 4 is 0 Å². The van der Waals surface area contributed by atoms with Gasteiger partial charge in [0, 0.05) is 6.54 Å². The van der Waals surface area contributed by atoms with Crippen molar-refractivity contribution in [1.82, 2.24) is 0 Å². The fraction of sp³-hybridized carbons (Fsp3) is 0.556. The molecule has 0 atom stereocenters. The van der Waals surface area contributed by atoms with E-state index in [4.69, 9.17) is 5.73 Å². The number of allylic oxidation sites excluding steroid dienone is 2. The highest BCUT2D eigenvalue weighted by Crippen LogP contribution is 2.25. The van der Waals surface area contributed by atoms with Crippen LogP contribution in [0.5, 0.6) is 0 Å². The van der Waals surface area contributed by atoms with E-state index in [-0.39, 0.29) is 0 Å². The van der Waals surface area contributed by atoms with Crippen LogP contribution in [0, 0.1) is 0 Å². The molecule has 56 valence electrons. The van der Waals surface area contributed by atoms with Gasteiger partial charge in [-0.05, 0) is 25.7 Å². The van der Waals surface area contributed by atoms with Gasteiger partial charge in [-0.2, -0.15) is 0 Å². The van der Waals surface area contributed by atoms with Gasteiger partial charge >= 0.3 is 0 Å². The molecule has 1 fully saturated rings. The largest absolute Gasteiger partial charge is 0.327 e. The van der Waals surface area contributed by atoms with Gasteiger partial charge in [-0.1, -0.05) is 23.8 Å². The van der Waals surface area contributed by atoms with E-state index >= 15 is 0 Å². The fourth-order valence-electron chi connectivity index (χ4n) is 1.30. The Labute approximate surface area is 62.6 Å². The normalized spacial score (nSPS) is 19.3. The lowest BCUT2D eigenvalue weighted by atomic mass is 9.91. The summed E-state index contributed by atoms with van der Waals surface area (Å²) < 4.78 is 0. The molecule has 0 aromatic carbocycles. The van der Waals surface area contributed by atoms with Crippen molar-refractivity contribution in [3.05, 3.63) is 23.8 Å². The standard InChI is InChI=1S/C9H15N/c1-8-2-4-9(5-3-8)6-7-10/h6H,1-5,7,10H2. The summed E-state index contributed by atoms with van der Waals surface area (Å²) in [6.07, 6.45) is 6.87. The van der Waals surface area contributed by atoms with Crippen LogP contribution in [0.1, 0.15) is 25.7 Å². The first-order valence-electron chi connectivity index (χ1n) is 3.87. The predicted octanol–water partition coefficient (Wildman–Crippen LogP) is 2.00. The summed E-state index contributed by atoms with van der Waals surface area (Å²) in [6, 6.07) is 0. The van der Waals surface area contributed by atoms with Crippen LogP contribution >= 0.6 is 0 Å². The first-order chi connectivity index (χ1) is 4.83. The number of hydrogen-bond acceptors (Lipinski definition) is 1. The maximum absolute atomic E-state index is 5.40. The van der Waals surface area contributed by atoms with Gasteiger partial charge < -0.3 is 5.73 Å². The molecule has 1 saturated carbocycles. The van der Waals surface area contributed by atoms with E-state index in [2.05, 4.69) is 12.7 Å². The summed E-state index contributed by atoms with van der Waals surface area (Å²) in [6.45, 7) is 4.65. The molecule has 0 unspecified atom stereocenters. The van der Waals surface area contributed by atoms with Crippen LogP contribution in [0.2, 0.25) is 0 Å². The molecule has 2 N–H and O–H groups in total. The zero-order valence-corrected chi connectivity index (χ0v) is 6.40. The maximum atomic E-state index is 5.40. The lowest BCUT2D eigenvalue weighted by Gasteiger charge is -2.15. The van der Waals surface area contributed by atoms with Crippen molar-refractivity contribution < 1.29 is 0 Å². The average Bonchev–Trinajstić information content (AvgIpc) is 1.95. The molecule has 0 radical (unpaired) electrons. The van der Waals surface area contributed by atoms with E-state index in [1.165, 1.54) is 36.8 Å². The van der Waals surface area contributed by atoms with Crippen LogP contribution in [-0.2, 0) is 0 Å². The van der Waals surface area contributed by atoms with Crippen LogP contribution in [0.4, 0.5) is 0 Å². The van der Waals surface area contributed by atoms with Gasteiger partial charge in [0.15, 0.2) is 0 Å². The summed E-state index contributed by atoms with van der Waals surface area (Å²) >= 11 is 0. The third-order valence-electron chi connectivity index (χ3n) is 2.01. The number of nitrogens with two attached hydrogens (primary N) is 1. The van der Waals surface area contributed by atoms with Gasteiger partial charge in [-0.25, -0.2) is 0 Å². The second kappa shape index (κ2) is 3.57. The van der Waals surface area contributed by atoms with Crippen LogP contribution < -0.4 is 5.73 Å². The second-order valence-corrected chi connectivity index (χ2v) is 2.85. The van der Waals surface area contributed by atoms with Crippen molar-refractivity contribution in [3.8, 4) is 0 Å². The second-order valence-electron chi connectivity index (χ2n) is 2.85. The van der Waals surface area contributed by atoms with E-state index in [1.54, 1.807) is 0 Å². The molecule has 1 aliphatic carbocycles. The zero-order valence-electron chi connectivity index (χ0n) is 6.40. The molecule has 1 nitrogen and oxygen atoms in total. The minimum atomic E-state index is 0.696. The third kappa shape index (κ3) is 1.99. The number of hydrogen-bond donors (Lipinski definition) is 1. The van der Waals surface area contributed by atoms with E-state index < -0.39 is 0 Å². The SMILES string of the molecule is C=C1CCC(=CCN)CC1. The molecule has 0 spiro atoms. The molecule has 0 amide bonds. The van der Waals surface area contributed by atoms with Crippen LogP contribution in [0.3, 0.4) is 0 Å². The summed E-state index contributed by atoms with van der Waals surface area (Å²) in [5.41, 5.74) is 8.32. The summed E-state index contributed by atoms with van der Waals surface area (Å²) in [5, 5.41) is 0. The molecule has 0 aromatic heterocycles. The van der Waals surface area contributed by atoms with Gasteiger partial charge in [0.25, 0.3) is 0 Å². The Hall–Kier alpha value is -0.560. The van der Waals surface area contributed by atoms with Crippen molar-refractivity contribution in [2.45, 2.75) is 25.7 Å². The van der Waals surface area contributed by atoms with Crippen molar-refractivity contribution in [2.75, 3.05) is 6.54 Å². The van der Waals surface area contributed by atoms with Crippen LogP contribution in [0.15, 0.2) is 23.8 Å². The van der Waals surface area contributed by atoms with Gasteiger partial charge in [0.1, 0.15) is 0 Å². The quantitative estimate of drug-likeness (QED) is 0.550. The molecular formula is C9H15N. The molecule has 0 bridgehead atoms. The van der Waals surface area contributed by atoms with Crippen LogP contribution in [0.25, 0.3) is 0 Å². The first-order valence-corrected chi connectivity index (χ1v) is 3.87. The highest BCUT2D eigenvalue weighted by Gasteiger charge is 2.06.